The molecule has 5 rings (SSSR count). The third-order valence-electron chi connectivity index (χ3n) is 5.09. The van der Waals surface area contributed by atoms with E-state index in [0.717, 1.165) is 16.9 Å². The van der Waals surface area contributed by atoms with Crippen LogP contribution in [0.4, 0.5) is 5.82 Å². The lowest BCUT2D eigenvalue weighted by atomic mass is 10.1. The molecule has 0 radical (unpaired) electrons. The van der Waals surface area contributed by atoms with Crippen molar-refractivity contribution in [2.75, 3.05) is 12.3 Å². The Hall–Kier alpha value is -4.04. The van der Waals surface area contributed by atoms with Gasteiger partial charge in [-0.05, 0) is 35.6 Å². The van der Waals surface area contributed by atoms with Crippen molar-refractivity contribution in [3.8, 4) is 0 Å². The maximum Gasteiger partial charge on any atom is 0.257 e. The first-order valence-electron chi connectivity index (χ1n) is 10.2. The van der Waals surface area contributed by atoms with E-state index in [1.807, 2.05) is 72.1 Å². The summed E-state index contributed by atoms with van der Waals surface area (Å²) in [7, 11) is 0. The topological polar surface area (TPSA) is 98.2 Å². The third-order valence-corrected chi connectivity index (χ3v) is 5.89. The summed E-state index contributed by atoms with van der Waals surface area (Å²) in [5.74, 6) is -0.0848. The van der Waals surface area contributed by atoms with E-state index in [-0.39, 0.29) is 17.3 Å². The van der Waals surface area contributed by atoms with Gasteiger partial charge in [-0.2, -0.15) is 9.78 Å². The van der Waals surface area contributed by atoms with Crippen LogP contribution in [0.5, 0.6) is 0 Å². The van der Waals surface area contributed by atoms with Crippen molar-refractivity contribution in [1.82, 2.24) is 20.0 Å². The maximum atomic E-state index is 13.1. The lowest BCUT2D eigenvalue weighted by Crippen LogP contribution is -2.26. The zero-order valence-corrected chi connectivity index (χ0v) is 17.9. The van der Waals surface area contributed by atoms with Crippen LogP contribution in [-0.4, -0.2) is 33.3 Å². The molecule has 0 bridgehead atoms. The highest BCUT2D eigenvalue weighted by Crippen LogP contribution is 2.28. The summed E-state index contributed by atoms with van der Waals surface area (Å²) in [6.45, 7) is 0.481. The van der Waals surface area contributed by atoms with Crippen LogP contribution in [0.2, 0.25) is 0 Å². The number of para-hydroxylation sites is 2. The van der Waals surface area contributed by atoms with E-state index >= 15 is 0 Å². The molecule has 0 aliphatic carbocycles. The highest BCUT2D eigenvalue weighted by molar-refractivity contribution is 7.11. The number of rotatable bonds is 6. The number of anilines is 1. The molecule has 7 nitrogen and oxygen atoms in total. The monoisotopic (exact) mass is 440 g/mol. The van der Waals surface area contributed by atoms with E-state index < -0.39 is 0 Å². The SMILES string of the molecule is Nc1c(C(=O)NCCc2ccccc2)c2nc3ccccc3nc2n1N=Cc1cccs1. The van der Waals surface area contributed by atoms with Gasteiger partial charge in [-0.15, -0.1) is 11.3 Å². The van der Waals surface area contributed by atoms with Gasteiger partial charge in [0, 0.05) is 11.4 Å². The molecule has 0 atom stereocenters. The fourth-order valence-electron chi connectivity index (χ4n) is 3.52. The highest BCUT2D eigenvalue weighted by atomic mass is 32.1. The first-order valence-corrected chi connectivity index (χ1v) is 11.1. The van der Waals surface area contributed by atoms with Crippen LogP contribution in [0.3, 0.4) is 0 Å². The van der Waals surface area contributed by atoms with E-state index in [0.29, 0.717) is 28.7 Å². The van der Waals surface area contributed by atoms with Gasteiger partial charge in [0.2, 0.25) is 0 Å². The molecule has 3 heterocycles. The first-order chi connectivity index (χ1) is 15.7. The smallest absolute Gasteiger partial charge is 0.257 e. The van der Waals surface area contributed by atoms with Crippen molar-refractivity contribution in [2.24, 2.45) is 5.10 Å². The average Bonchev–Trinajstić information content (AvgIpc) is 3.42. The molecule has 3 N–H and O–H groups in total. The molecule has 0 fully saturated rings. The van der Waals surface area contributed by atoms with Gasteiger partial charge in [-0.25, -0.2) is 9.97 Å². The molecule has 0 saturated carbocycles. The van der Waals surface area contributed by atoms with Gasteiger partial charge < -0.3 is 11.1 Å². The highest BCUT2D eigenvalue weighted by Gasteiger charge is 2.23. The summed E-state index contributed by atoms with van der Waals surface area (Å²) in [6, 6.07) is 21.4. The van der Waals surface area contributed by atoms with E-state index in [1.165, 1.54) is 4.68 Å². The molecule has 1 amide bonds. The molecular formula is C24H20N6OS. The van der Waals surface area contributed by atoms with Gasteiger partial charge in [-0.1, -0.05) is 48.5 Å². The Balaban J connectivity index is 1.53. The number of nitrogens with zero attached hydrogens (tertiary/aromatic N) is 4. The molecule has 0 aliphatic rings. The molecule has 32 heavy (non-hydrogen) atoms. The minimum absolute atomic E-state index is 0.209. The minimum Gasteiger partial charge on any atom is -0.383 e. The summed E-state index contributed by atoms with van der Waals surface area (Å²) in [5.41, 5.74) is 10.1. The van der Waals surface area contributed by atoms with E-state index in [1.54, 1.807) is 17.6 Å². The van der Waals surface area contributed by atoms with Crippen molar-refractivity contribution in [2.45, 2.75) is 6.42 Å². The Morgan fingerprint density at radius 1 is 1.03 bits per heavy atom. The minimum atomic E-state index is -0.293. The molecule has 8 heteroatoms. The van der Waals surface area contributed by atoms with Gasteiger partial charge in [0.05, 0.1) is 17.2 Å². The summed E-state index contributed by atoms with van der Waals surface area (Å²) in [4.78, 5) is 23.5. The Labute approximate surface area is 188 Å². The summed E-state index contributed by atoms with van der Waals surface area (Å²) in [6.07, 6.45) is 2.42. The molecule has 5 aromatic rings. The Morgan fingerprint density at radius 3 is 2.53 bits per heavy atom. The van der Waals surface area contributed by atoms with Crippen LogP contribution in [0.15, 0.2) is 77.2 Å². The third kappa shape index (κ3) is 3.83. The largest absolute Gasteiger partial charge is 0.383 e. The van der Waals surface area contributed by atoms with Gasteiger partial charge in [0.15, 0.2) is 5.65 Å². The molecule has 3 aromatic heterocycles. The fraction of sp³-hybridized carbons (Fsp3) is 0.0833. The van der Waals surface area contributed by atoms with Crippen molar-refractivity contribution < 1.29 is 4.79 Å². The summed E-state index contributed by atoms with van der Waals surface area (Å²) >= 11 is 1.56. The van der Waals surface area contributed by atoms with E-state index in [4.69, 9.17) is 15.7 Å². The van der Waals surface area contributed by atoms with Crippen LogP contribution in [0, 0.1) is 0 Å². The number of amides is 1. The number of carbonyl (C=O) groups excluding carboxylic acids is 1. The number of benzene rings is 2. The summed E-state index contributed by atoms with van der Waals surface area (Å²) < 4.78 is 1.49. The predicted molar refractivity (Wildman–Crippen MR) is 129 cm³/mol. The quantitative estimate of drug-likeness (QED) is 0.389. The van der Waals surface area contributed by atoms with E-state index in [9.17, 15) is 4.79 Å². The van der Waals surface area contributed by atoms with Crippen molar-refractivity contribution in [3.05, 3.63) is 88.1 Å². The van der Waals surface area contributed by atoms with Gasteiger partial charge in [0.25, 0.3) is 5.91 Å². The number of fused-ring (bicyclic) bond motifs is 2. The molecular weight excluding hydrogens is 420 g/mol. The first kappa shape index (κ1) is 19.9. The van der Waals surface area contributed by atoms with Crippen LogP contribution in [0.25, 0.3) is 22.2 Å². The Morgan fingerprint density at radius 2 is 1.78 bits per heavy atom. The lowest BCUT2D eigenvalue weighted by molar-refractivity contribution is 0.0956. The number of hydrogen-bond acceptors (Lipinski definition) is 6. The fourth-order valence-corrected chi connectivity index (χ4v) is 4.10. The number of hydrogen-bond donors (Lipinski definition) is 2. The van der Waals surface area contributed by atoms with Gasteiger partial charge in [-0.3, -0.25) is 4.79 Å². The predicted octanol–water partition coefficient (Wildman–Crippen LogP) is 4.08. The zero-order chi connectivity index (χ0) is 21.9. The van der Waals surface area contributed by atoms with Crippen LogP contribution >= 0.6 is 11.3 Å². The lowest BCUT2D eigenvalue weighted by Gasteiger charge is -2.05. The number of thiophene rings is 1. The number of aromatic nitrogens is 3. The number of nitrogens with two attached hydrogens (primary N) is 1. The van der Waals surface area contributed by atoms with Crippen LogP contribution in [-0.2, 0) is 6.42 Å². The van der Waals surface area contributed by atoms with Crippen molar-refractivity contribution >= 4 is 51.5 Å². The zero-order valence-electron chi connectivity index (χ0n) is 17.1. The van der Waals surface area contributed by atoms with Crippen LogP contribution in [0.1, 0.15) is 20.8 Å². The van der Waals surface area contributed by atoms with E-state index in [2.05, 4.69) is 10.4 Å². The Bertz CT molecular complexity index is 1420. The normalized spacial score (nSPS) is 11.5. The molecule has 0 saturated heterocycles. The standard InChI is InChI=1S/C24H20N6OS/c25-22-20(24(31)26-13-12-16-7-2-1-3-8-16)21-23(29-19-11-5-4-10-18(19)28-21)30(22)27-15-17-9-6-14-32-17/h1-11,14-15H,12-13,25H2,(H,26,31). The van der Waals surface area contributed by atoms with Crippen molar-refractivity contribution in [1.29, 1.82) is 0 Å². The molecule has 0 spiro atoms. The number of nitrogen functional groups attached to an aromatic ring is 1. The molecule has 2 aromatic carbocycles. The second-order valence-electron chi connectivity index (χ2n) is 7.21. The van der Waals surface area contributed by atoms with Crippen LogP contribution < -0.4 is 11.1 Å². The maximum absolute atomic E-state index is 13.1. The summed E-state index contributed by atoms with van der Waals surface area (Å²) in [5, 5.41) is 9.44. The second-order valence-corrected chi connectivity index (χ2v) is 8.19. The van der Waals surface area contributed by atoms with Crippen molar-refractivity contribution in [3.63, 3.8) is 0 Å². The number of nitrogens with one attached hydrogen (secondary N) is 1. The van der Waals surface area contributed by atoms with Gasteiger partial charge in [0.1, 0.15) is 16.9 Å². The number of carbonyl (C=O) groups is 1. The van der Waals surface area contributed by atoms with Gasteiger partial charge >= 0.3 is 0 Å². The molecule has 0 aliphatic heterocycles. The second kappa shape index (κ2) is 8.60. The Kier molecular flexibility index (Phi) is 5.35. The molecule has 158 valence electrons. The average molecular weight is 441 g/mol. The molecule has 0 unspecified atom stereocenters.